The van der Waals surface area contributed by atoms with E-state index in [1.165, 1.54) is 0 Å². The van der Waals surface area contributed by atoms with Crippen LogP contribution in [-0.2, 0) is 4.79 Å². The summed E-state index contributed by atoms with van der Waals surface area (Å²) in [7, 11) is 0. The van der Waals surface area contributed by atoms with Crippen LogP contribution in [0, 0.1) is 13.8 Å². The maximum atomic E-state index is 12.7. The number of aryl methyl sites for hydroxylation is 2. The van der Waals surface area contributed by atoms with E-state index in [1.807, 2.05) is 55.1 Å². The number of imidazole rings is 1. The van der Waals surface area contributed by atoms with Crippen molar-refractivity contribution in [3.8, 4) is 0 Å². The number of rotatable bonds is 4. The highest BCUT2D eigenvalue weighted by Gasteiger charge is 2.27. The molecule has 1 aliphatic rings. The third-order valence-electron chi connectivity index (χ3n) is 5.74. The van der Waals surface area contributed by atoms with Crippen LogP contribution >= 0.6 is 0 Å². The van der Waals surface area contributed by atoms with Gasteiger partial charge in [0.1, 0.15) is 5.82 Å². The number of hydrogen-bond acceptors (Lipinski definition) is 3. The number of benzene rings is 2. The molecule has 150 valence electrons. The molecule has 0 saturated carbocycles. The summed E-state index contributed by atoms with van der Waals surface area (Å²) in [6, 6.07) is 13.5. The number of aromatic nitrogens is 2. The van der Waals surface area contributed by atoms with Gasteiger partial charge in [0.2, 0.25) is 5.91 Å². The van der Waals surface area contributed by atoms with Gasteiger partial charge in [0.05, 0.1) is 17.6 Å². The zero-order valence-electron chi connectivity index (χ0n) is 16.9. The van der Waals surface area contributed by atoms with Gasteiger partial charge in [0.15, 0.2) is 0 Å². The monoisotopic (exact) mass is 390 g/mol. The summed E-state index contributed by atoms with van der Waals surface area (Å²) in [5, 5.41) is 2.77. The highest BCUT2D eigenvalue weighted by atomic mass is 16.2. The maximum absolute atomic E-state index is 12.7. The van der Waals surface area contributed by atoms with Crippen LogP contribution in [0.5, 0.6) is 0 Å². The third-order valence-corrected chi connectivity index (χ3v) is 5.74. The lowest BCUT2D eigenvalue weighted by Crippen LogP contribution is -2.44. The van der Waals surface area contributed by atoms with Crippen LogP contribution in [0.2, 0.25) is 0 Å². The lowest BCUT2D eigenvalue weighted by atomic mass is 9.97. The SMILES string of the molecule is Cc1ccc(C(=O)NCC(=O)N2CCC[C@H](c3nc4ccccc4[nH]3)C2)cc1C. The smallest absolute Gasteiger partial charge is 0.251 e. The van der Waals surface area contributed by atoms with Crippen molar-refractivity contribution >= 4 is 22.8 Å². The standard InChI is InChI=1S/C23H26N4O2/c1-15-9-10-17(12-16(15)2)23(29)24-13-21(28)27-11-5-6-18(14-27)22-25-19-7-3-4-8-20(19)26-22/h3-4,7-10,12,18H,5-6,11,13-14H2,1-2H3,(H,24,29)(H,25,26)/t18-/m0/s1. The van der Waals surface area contributed by atoms with Crippen LogP contribution < -0.4 is 5.32 Å². The van der Waals surface area contributed by atoms with Gasteiger partial charge >= 0.3 is 0 Å². The van der Waals surface area contributed by atoms with Crippen molar-refractivity contribution in [1.29, 1.82) is 0 Å². The van der Waals surface area contributed by atoms with Crippen molar-refractivity contribution in [1.82, 2.24) is 20.2 Å². The maximum Gasteiger partial charge on any atom is 0.251 e. The molecule has 2 heterocycles. The van der Waals surface area contributed by atoms with Crippen LogP contribution in [-0.4, -0.2) is 46.3 Å². The van der Waals surface area contributed by atoms with Gasteiger partial charge in [-0.25, -0.2) is 4.98 Å². The number of likely N-dealkylation sites (tertiary alicyclic amines) is 1. The minimum atomic E-state index is -0.215. The molecule has 0 spiro atoms. The average molecular weight is 390 g/mol. The second kappa shape index (κ2) is 8.07. The molecule has 4 rings (SSSR count). The average Bonchev–Trinajstić information content (AvgIpc) is 3.18. The minimum absolute atomic E-state index is 0.0125. The number of fused-ring (bicyclic) bond motifs is 1. The Balaban J connectivity index is 1.37. The predicted octanol–water partition coefficient (Wildman–Crippen LogP) is 3.32. The van der Waals surface area contributed by atoms with Crippen LogP contribution in [0.4, 0.5) is 0 Å². The molecular formula is C23H26N4O2. The molecule has 1 atom stereocenters. The summed E-state index contributed by atoms with van der Waals surface area (Å²) in [5.74, 6) is 0.855. The van der Waals surface area contributed by atoms with E-state index in [-0.39, 0.29) is 24.3 Å². The third kappa shape index (κ3) is 4.16. The summed E-state index contributed by atoms with van der Waals surface area (Å²) in [5.41, 5.74) is 4.76. The number of hydrogen-bond donors (Lipinski definition) is 2. The molecule has 2 aromatic carbocycles. The first-order chi connectivity index (χ1) is 14.0. The highest BCUT2D eigenvalue weighted by Crippen LogP contribution is 2.26. The first kappa shape index (κ1) is 19.2. The second-order valence-electron chi connectivity index (χ2n) is 7.80. The number of nitrogens with one attached hydrogen (secondary N) is 2. The Morgan fingerprint density at radius 1 is 1.17 bits per heavy atom. The molecule has 0 unspecified atom stereocenters. The lowest BCUT2D eigenvalue weighted by molar-refractivity contribution is -0.131. The number of carbonyl (C=O) groups excluding carboxylic acids is 2. The molecule has 0 aliphatic carbocycles. The van der Waals surface area contributed by atoms with Crippen molar-refractivity contribution < 1.29 is 9.59 Å². The molecule has 2 amide bonds. The van der Waals surface area contributed by atoms with Crippen LogP contribution in [0.1, 0.15) is 46.1 Å². The first-order valence-corrected chi connectivity index (χ1v) is 10.1. The van der Waals surface area contributed by atoms with Gasteiger partial charge in [-0.05, 0) is 62.1 Å². The van der Waals surface area contributed by atoms with Gasteiger partial charge in [0.25, 0.3) is 5.91 Å². The fourth-order valence-corrected chi connectivity index (χ4v) is 3.85. The first-order valence-electron chi connectivity index (χ1n) is 10.1. The van der Waals surface area contributed by atoms with Gasteiger partial charge in [-0.3, -0.25) is 9.59 Å². The van der Waals surface area contributed by atoms with E-state index in [0.29, 0.717) is 12.1 Å². The Hall–Kier alpha value is -3.15. The van der Waals surface area contributed by atoms with E-state index in [1.54, 1.807) is 6.07 Å². The summed E-state index contributed by atoms with van der Waals surface area (Å²) < 4.78 is 0. The Kier molecular flexibility index (Phi) is 5.34. The minimum Gasteiger partial charge on any atom is -0.343 e. The second-order valence-corrected chi connectivity index (χ2v) is 7.80. The summed E-state index contributed by atoms with van der Waals surface area (Å²) in [4.78, 5) is 35.0. The van der Waals surface area contributed by atoms with Crippen molar-refractivity contribution in [2.75, 3.05) is 19.6 Å². The highest BCUT2D eigenvalue weighted by molar-refractivity contribution is 5.96. The van der Waals surface area contributed by atoms with Crippen molar-refractivity contribution in [2.45, 2.75) is 32.6 Å². The van der Waals surface area contributed by atoms with Crippen LogP contribution in [0.3, 0.4) is 0 Å². The van der Waals surface area contributed by atoms with Crippen molar-refractivity contribution in [3.05, 3.63) is 65.0 Å². The fourth-order valence-electron chi connectivity index (χ4n) is 3.85. The van der Waals surface area contributed by atoms with Gasteiger partial charge in [-0.15, -0.1) is 0 Å². The molecule has 3 aromatic rings. The van der Waals surface area contributed by atoms with E-state index >= 15 is 0 Å². The molecule has 0 bridgehead atoms. The molecule has 2 N–H and O–H groups in total. The number of amides is 2. The van der Waals surface area contributed by atoms with E-state index in [0.717, 1.165) is 47.4 Å². The Morgan fingerprint density at radius 2 is 2.00 bits per heavy atom. The molecule has 6 nitrogen and oxygen atoms in total. The summed E-state index contributed by atoms with van der Waals surface area (Å²) >= 11 is 0. The topological polar surface area (TPSA) is 78.1 Å². The zero-order valence-corrected chi connectivity index (χ0v) is 16.9. The quantitative estimate of drug-likeness (QED) is 0.717. The summed E-state index contributed by atoms with van der Waals surface area (Å²) in [6.45, 7) is 5.34. The number of carbonyl (C=O) groups is 2. The molecule has 0 radical (unpaired) electrons. The molecular weight excluding hydrogens is 364 g/mol. The number of piperidine rings is 1. The molecule has 1 saturated heterocycles. The van der Waals surface area contributed by atoms with Gasteiger partial charge in [0, 0.05) is 24.6 Å². The van der Waals surface area contributed by atoms with Crippen molar-refractivity contribution in [2.24, 2.45) is 0 Å². The van der Waals surface area contributed by atoms with Crippen molar-refractivity contribution in [3.63, 3.8) is 0 Å². The number of nitrogens with zero attached hydrogens (tertiary/aromatic N) is 2. The van der Waals surface area contributed by atoms with Gasteiger partial charge in [-0.1, -0.05) is 18.2 Å². The van der Waals surface area contributed by atoms with E-state index < -0.39 is 0 Å². The number of para-hydroxylation sites is 2. The van der Waals surface area contributed by atoms with Crippen LogP contribution in [0.15, 0.2) is 42.5 Å². The Labute approximate surface area is 170 Å². The molecule has 1 fully saturated rings. The molecule has 29 heavy (non-hydrogen) atoms. The Morgan fingerprint density at radius 3 is 2.79 bits per heavy atom. The fraction of sp³-hybridized carbons (Fsp3) is 0.348. The predicted molar refractivity (Wildman–Crippen MR) is 113 cm³/mol. The van der Waals surface area contributed by atoms with E-state index in [2.05, 4.69) is 10.3 Å². The van der Waals surface area contributed by atoms with E-state index in [4.69, 9.17) is 4.98 Å². The van der Waals surface area contributed by atoms with Gasteiger partial charge in [-0.2, -0.15) is 0 Å². The summed E-state index contributed by atoms with van der Waals surface area (Å²) in [6.07, 6.45) is 1.93. The number of aromatic amines is 1. The molecule has 6 heteroatoms. The normalized spacial score (nSPS) is 16.8. The molecule has 1 aliphatic heterocycles. The Bertz CT molecular complexity index is 1020. The van der Waals surface area contributed by atoms with Crippen LogP contribution in [0.25, 0.3) is 11.0 Å². The van der Waals surface area contributed by atoms with Gasteiger partial charge < -0.3 is 15.2 Å². The largest absolute Gasteiger partial charge is 0.343 e. The number of H-pyrrole nitrogens is 1. The molecule has 1 aromatic heterocycles. The van der Waals surface area contributed by atoms with E-state index in [9.17, 15) is 9.59 Å². The lowest BCUT2D eigenvalue weighted by Gasteiger charge is -2.32. The zero-order chi connectivity index (χ0) is 20.4.